The van der Waals surface area contributed by atoms with Gasteiger partial charge >= 0.3 is 0 Å². The summed E-state index contributed by atoms with van der Waals surface area (Å²) in [5, 5.41) is 9.72. The third-order valence-corrected chi connectivity index (χ3v) is 24.4. The summed E-state index contributed by atoms with van der Waals surface area (Å²) in [4.78, 5) is 15.9. The van der Waals surface area contributed by atoms with Gasteiger partial charge < -0.3 is 18.3 Å². The van der Waals surface area contributed by atoms with Gasteiger partial charge in [-0.2, -0.15) is 0 Å². The first-order valence-electron chi connectivity index (χ1n) is 42.3. The quantitative estimate of drug-likeness (QED) is 0.109. The summed E-state index contributed by atoms with van der Waals surface area (Å²) in [6, 6.07) is 168. The van der Waals surface area contributed by atoms with Gasteiger partial charge in [0.15, 0.2) is 5.82 Å². The van der Waals surface area contributed by atoms with E-state index in [-0.39, 0.29) is 0 Å². The van der Waals surface area contributed by atoms with E-state index in [9.17, 15) is 0 Å². The molecule has 0 aliphatic carbocycles. The Morgan fingerprint density at radius 2 is 0.339 bits per heavy atom. The maximum atomic E-state index is 5.44. The van der Waals surface area contributed by atoms with Crippen LogP contribution in [0, 0.1) is 0 Å². The van der Waals surface area contributed by atoms with Crippen LogP contribution in [0.4, 0.5) is 0 Å². The molecule has 0 saturated heterocycles. The number of fused-ring (bicyclic) bond motifs is 12. The number of hydrogen-bond acceptors (Lipinski definition) is 3. The predicted molar refractivity (Wildman–Crippen MR) is 518 cm³/mol. The van der Waals surface area contributed by atoms with Crippen molar-refractivity contribution >= 4 is 87.2 Å². The molecule has 0 bridgehead atoms. The van der Waals surface area contributed by atoms with Crippen LogP contribution in [0.1, 0.15) is 0 Å². The summed E-state index contributed by atoms with van der Waals surface area (Å²) in [5.74, 6) is 0.673. The number of nitrogens with zero attached hydrogens (tertiary/aromatic N) is 7. The van der Waals surface area contributed by atoms with Crippen molar-refractivity contribution in [1.29, 1.82) is 0 Å². The van der Waals surface area contributed by atoms with Crippen molar-refractivity contribution in [3.8, 4) is 135 Å². The molecular weight excluding hydrogens is 1500 g/mol. The van der Waals surface area contributed by atoms with Gasteiger partial charge in [-0.05, 0) is 183 Å². The molecule has 0 atom stereocenters. The summed E-state index contributed by atoms with van der Waals surface area (Å²) in [6.07, 6.45) is 0. The maximum Gasteiger partial charge on any atom is 0.160 e. The largest absolute Gasteiger partial charge is 0.309 e. The fourth-order valence-electron chi connectivity index (χ4n) is 18.5. The lowest BCUT2D eigenvalue weighted by Gasteiger charge is -2.17. The Balaban J connectivity index is 0.000000154. The van der Waals surface area contributed by atoms with Crippen LogP contribution in [0.3, 0.4) is 0 Å². The highest BCUT2D eigenvalue weighted by molar-refractivity contribution is 6.15. The van der Waals surface area contributed by atoms with Gasteiger partial charge in [-0.25, -0.2) is 15.0 Å². The monoisotopic (exact) mass is 1580 g/mol. The summed E-state index contributed by atoms with van der Waals surface area (Å²) in [7, 11) is 0. The van der Waals surface area contributed by atoms with Gasteiger partial charge in [0, 0.05) is 93.7 Å². The van der Waals surface area contributed by atoms with Crippen molar-refractivity contribution in [3.05, 3.63) is 467 Å². The molecule has 6 heterocycles. The van der Waals surface area contributed by atoms with Gasteiger partial charge in [-0.1, -0.05) is 340 Å². The molecule has 24 aromatic rings. The van der Waals surface area contributed by atoms with Crippen molar-refractivity contribution in [2.24, 2.45) is 0 Å². The van der Waals surface area contributed by atoms with Crippen LogP contribution in [0.15, 0.2) is 467 Å². The molecule has 0 N–H and O–H groups in total. The lowest BCUT2D eigenvalue weighted by molar-refractivity contribution is 1.13. The number of benzene rings is 18. The Hall–Kier alpha value is -16.6. The van der Waals surface area contributed by atoms with Crippen molar-refractivity contribution in [2.75, 3.05) is 0 Å². The van der Waals surface area contributed by atoms with Crippen molar-refractivity contribution in [2.45, 2.75) is 0 Å². The second-order valence-electron chi connectivity index (χ2n) is 31.8. The van der Waals surface area contributed by atoms with Gasteiger partial charge in [0.2, 0.25) is 0 Å². The molecule has 6 aromatic heterocycles. The minimum atomic E-state index is 0.673. The highest BCUT2D eigenvalue weighted by Crippen LogP contribution is 2.45. The van der Waals surface area contributed by atoms with Gasteiger partial charge in [0.25, 0.3) is 0 Å². The SMILES string of the molecule is c1ccc(-c2cc(-c3cc(-n4c5ccccc5c5ccccc54)cc(-n4c5ccccc5c5ccccc54)c3)cc(-c3ccccc3)n2)cc1.c1ccc(-c2ccc3c(c2)c2cc(-c4ccccc4)ccc2n3-c2cc(-c3cc(-c4ccccc4)nc(-c4ccccc4)n3)cc(-n3c4ccc(-c5ccccc5)cc4c4cc(-c5ccccc5)ccc43)c2)cc1. The Morgan fingerprint density at radius 3 is 0.629 bits per heavy atom. The maximum absolute atomic E-state index is 5.44. The Morgan fingerprint density at radius 1 is 0.121 bits per heavy atom. The molecular formula is C117H77N7. The molecule has 0 spiro atoms. The molecule has 0 saturated carbocycles. The zero-order valence-electron chi connectivity index (χ0n) is 67.6. The average Bonchev–Trinajstić information content (AvgIpc) is 1.59. The first-order chi connectivity index (χ1) is 61.5. The van der Waals surface area contributed by atoms with Crippen molar-refractivity contribution in [1.82, 2.24) is 33.2 Å². The Bertz CT molecular complexity index is 7410. The second-order valence-corrected chi connectivity index (χ2v) is 31.8. The molecule has 18 aromatic carbocycles. The lowest BCUT2D eigenvalue weighted by atomic mass is 9.99. The zero-order chi connectivity index (χ0) is 82.0. The van der Waals surface area contributed by atoms with Gasteiger partial charge in [-0.15, -0.1) is 0 Å². The molecule has 0 radical (unpaired) electrons. The normalized spacial score (nSPS) is 11.5. The number of rotatable bonds is 14. The predicted octanol–water partition coefficient (Wildman–Crippen LogP) is 30.6. The van der Waals surface area contributed by atoms with Crippen LogP contribution < -0.4 is 0 Å². The van der Waals surface area contributed by atoms with Crippen molar-refractivity contribution in [3.63, 3.8) is 0 Å². The Labute approximate surface area is 717 Å². The van der Waals surface area contributed by atoms with Crippen molar-refractivity contribution < 1.29 is 0 Å². The minimum Gasteiger partial charge on any atom is -0.309 e. The van der Waals surface area contributed by atoms with Crippen LogP contribution in [-0.2, 0) is 0 Å². The standard InChI is InChI=1S/C70H46N4.C47H31N3/c1-7-19-47(20-8-1)53-31-35-66-60(41-53)61-42-54(48-21-9-2-10-22-48)32-36-67(61)73(66)58-39-57(65-46-64(51-27-15-5-16-28-51)71-70(72-65)52-29-17-6-18-30-52)40-59(45-58)74-68-37-33-55(49-23-11-3-12-24-49)43-62(68)63-44-56(34-38-69(63)74)50-25-13-4-14-26-50;1-3-15-32(16-4-1)42-29-35(30-43(48-42)33-17-5-2-6-18-33)34-27-36(49-44-23-11-7-19-38(44)39-20-8-12-24-45(39)49)31-37(28-34)50-46-25-13-9-21-40(46)41-22-10-14-26-47(41)50/h1-46H;1-31H. The summed E-state index contributed by atoms with van der Waals surface area (Å²) in [6.45, 7) is 0. The molecule has 124 heavy (non-hydrogen) atoms. The second kappa shape index (κ2) is 31.0. The molecule has 7 heteroatoms. The van der Waals surface area contributed by atoms with Crippen LogP contribution in [-0.4, -0.2) is 33.2 Å². The highest BCUT2D eigenvalue weighted by atomic mass is 15.0. The van der Waals surface area contributed by atoms with E-state index in [0.717, 1.165) is 107 Å². The summed E-state index contributed by atoms with van der Waals surface area (Å²) >= 11 is 0. The molecule has 0 fully saturated rings. The third kappa shape index (κ3) is 13.2. The molecule has 24 rings (SSSR count). The molecule has 0 amide bonds. The van der Waals surface area contributed by atoms with Gasteiger partial charge in [0.05, 0.1) is 66.9 Å². The van der Waals surface area contributed by atoms with E-state index in [2.05, 4.69) is 473 Å². The Kier molecular flexibility index (Phi) is 18.1. The van der Waals surface area contributed by atoms with E-state index < -0.39 is 0 Å². The lowest BCUT2D eigenvalue weighted by Crippen LogP contribution is -2.02. The van der Waals surface area contributed by atoms with E-state index in [1.807, 2.05) is 12.1 Å². The van der Waals surface area contributed by atoms with E-state index in [1.165, 1.54) is 110 Å². The minimum absolute atomic E-state index is 0.673. The molecule has 0 aliphatic heterocycles. The van der Waals surface area contributed by atoms with Crippen LogP contribution >= 0.6 is 0 Å². The number of pyridine rings is 1. The number of hydrogen-bond donors (Lipinski definition) is 0. The summed E-state index contributed by atoms with van der Waals surface area (Å²) in [5.41, 5.74) is 33.9. The molecule has 580 valence electrons. The van der Waals surface area contributed by atoms with Crippen LogP contribution in [0.2, 0.25) is 0 Å². The van der Waals surface area contributed by atoms with E-state index in [1.54, 1.807) is 0 Å². The first kappa shape index (κ1) is 72.6. The van der Waals surface area contributed by atoms with Gasteiger partial charge in [-0.3, -0.25) is 0 Å². The van der Waals surface area contributed by atoms with E-state index >= 15 is 0 Å². The molecule has 0 aliphatic rings. The fraction of sp³-hybridized carbons (Fsp3) is 0. The van der Waals surface area contributed by atoms with Crippen LogP contribution in [0.25, 0.3) is 222 Å². The topological polar surface area (TPSA) is 58.4 Å². The summed E-state index contributed by atoms with van der Waals surface area (Å²) < 4.78 is 9.74. The van der Waals surface area contributed by atoms with Crippen LogP contribution in [0.5, 0.6) is 0 Å². The fourth-order valence-corrected chi connectivity index (χ4v) is 18.5. The zero-order valence-corrected chi connectivity index (χ0v) is 67.6. The van der Waals surface area contributed by atoms with Gasteiger partial charge in [0.1, 0.15) is 0 Å². The number of para-hydroxylation sites is 4. The first-order valence-corrected chi connectivity index (χ1v) is 42.3. The smallest absolute Gasteiger partial charge is 0.160 e. The van der Waals surface area contributed by atoms with E-state index in [0.29, 0.717) is 5.82 Å². The molecule has 7 nitrogen and oxygen atoms in total. The third-order valence-electron chi connectivity index (χ3n) is 24.4. The highest BCUT2D eigenvalue weighted by Gasteiger charge is 2.24. The average molecular weight is 1580 g/mol. The van der Waals surface area contributed by atoms with E-state index in [4.69, 9.17) is 15.0 Å². The number of aromatic nitrogens is 7. The molecule has 0 unspecified atom stereocenters.